The highest BCUT2D eigenvalue weighted by atomic mass is 19.1. The van der Waals surface area contributed by atoms with Crippen molar-refractivity contribution in [2.24, 2.45) is 7.05 Å². The van der Waals surface area contributed by atoms with Crippen molar-refractivity contribution in [3.05, 3.63) is 52.6 Å². The Morgan fingerprint density at radius 1 is 1.42 bits per heavy atom. The van der Waals surface area contributed by atoms with Gasteiger partial charge in [-0.2, -0.15) is 10.4 Å². The second-order valence-electron chi connectivity index (χ2n) is 4.41. The molecule has 0 saturated heterocycles. The summed E-state index contributed by atoms with van der Waals surface area (Å²) < 4.78 is 15.0. The first-order valence-electron chi connectivity index (χ1n) is 5.98. The van der Waals surface area contributed by atoms with Crippen LogP contribution >= 0.6 is 0 Å². The van der Waals surface area contributed by atoms with Gasteiger partial charge in [0.05, 0.1) is 11.8 Å². The topological polar surface area (TPSA) is 53.6 Å². The summed E-state index contributed by atoms with van der Waals surface area (Å²) in [6, 6.07) is 6.41. The van der Waals surface area contributed by atoms with Crippen molar-refractivity contribution in [3.63, 3.8) is 0 Å². The van der Waals surface area contributed by atoms with Crippen LogP contribution in [-0.2, 0) is 20.1 Å². The maximum atomic E-state index is 13.2. The van der Waals surface area contributed by atoms with Crippen molar-refractivity contribution in [1.29, 1.82) is 5.26 Å². The highest BCUT2D eigenvalue weighted by Crippen LogP contribution is 2.10. The molecule has 1 heterocycles. The molecule has 0 spiro atoms. The Labute approximate surface area is 111 Å². The zero-order valence-corrected chi connectivity index (χ0v) is 10.9. The van der Waals surface area contributed by atoms with E-state index < -0.39 is 5.82 Å². The second kappa shape index (κ2) is 5.63. The molecule has 0 aliphatic heterocycles. The van der Waals surface area contributed by atoms with E-state index in [1.165, 1.54) is 6.07 Å². The van der Waals surface area contributed by atoms with Gasteiger partial charge in [0.2, 0.25) is 0 Å². The van der Waals surface area contributed by atoms with Crippen molar-refractivity contribution in [2.45, 2.75) is 20.0 Å². The largest absolute Gasteiger partial charge is 0.308 e. The van der Waals surface area contributed by atoms with Crippen molar-refractivity contribution in [2.75, 3.05) is 0 Å². The van der Waals surface area contributed by atoms with E-state index in [4.69, 9.17) is 5.26 Å². The van der Waals surface area contributed by atoms with Crippen LogP contribution in [0.15, 0.2) is 24.4 Å². The molecule has 4 nitrogen and oxygen atoms in total. The van der Waals surface area contributed by atoms with E-state index in [-0.39, 0.29) is 5.56 Å². The van der Waals surface area contributed by atoms with E-state index >= 15 is 0 Å². The first-order valence-corrected chi connectivity index (χ1v) is 5.98. The molecule has 0 aliphatic rings. The monoisotopic (exact) mass is 258 g/mol. The van der Waals surface area contributed by atoms with Crippen molar-refractivity contribution in [1.82, 2.24) is 15.1 Å². The lowest BCUT2D eigenvalue weighted by Crippen LogP contribution is -2.13. The number of halogens is 1. The Morgan fingerprint density at radius 3 is 2.84 bits per heavy atom. The number of nitrogens with one attached hydrogen (secondary N) is 1. The number of hydrogen-bond donors (Lipinski definition) is 1. The van der Waals surface area contributed by atoms with Gasteiger partial charge in [-0.3, -0.25) is 4.68 Å². The maximum absolute atomic E-state index is 13.2. The van der Waals surface area contributed by atoms with Crippen LogP contribution < -0.4 is 5.32 Å². The summed E-state index contributed by atoms with van der Waals surface area (Å²) in [5.74, 6) is -0.477. The lowest BCUT2D eigenvalue weighted by molar-refractivity contribution is 0.620. The van der Waals surface area contributed by atoms with Gasteiger partial charge in [-0.15, -0.1) is 0 Å². The van der Waals surface area contributed by atoms with Crippen LogP contribution in [0.5, 0.6) is 0 Å². The smallest absolute Gasteiger partial charge is 0.140 e. The predicted molar refractivity (Wildman–Crippen MR) is 69.6 cm³/mol. The SMILES string of the molecule is Cc1c(CNCc2ccc(F)c(C#N)c2)cnn1C. The van der Waals surface area contributed by atoms with Gasteiger partial charge in [0.1, 0.15) is 11.9 Å². The van der Waals surface area contributed by atoms with E-state index in [0.29, 0.717) is 13.1 Å². The standard InChI is InChI=1S/C14H15FN4/c1-10-13(9-18-19(10)2)8-17-7-11-3-4-14(15)12(5-11)6-16/h3-5,9,17H,7-8H2,1-2H3. The second-order valence-corrected chi connectivity index (χ2v) is 4.41. The van der Waals surface area contributed by atoms with Crippen molar-refractivity contribution < 1.29 is 4.39 Å². The van der Waals surface area contributed by atoms with Gasteiger partial charge in [-0.05, 0) is 24.6 Å². The average molecular weight is 258 g/mol. The number of rotatable bonds is 4. The van der Waals surface area contributed by atoms with E-state index in [1.54, 1.807) is 12.1 Å². The Hall–Kier alpha value is -2.19. The molecule has 5 heteroatoms. The molecule has 0 bridgehead atoms. The fraction of sp³-hybridized carbons (Fsp3) is 0.286. The minimum atomic E-state index is -0.477. The van der Waals surface area contributed by atoms with Gasteiger partial charge < -0.3 is 5.32 Å². The van der Waals surface area contributed by atoms with Crippen LogP contribution in [0.25, 0.3) is 0 Å². The molecular formula is C14H15FN4. The Morgan fingerprint density at radius 2 is 2.21 bits per heavy atom. The summed E-state index contributed by atoms with van der Waals surface area (Å²) in [5.41, 5.74) is 3.21. The highest BCUT2D eigenvalue weighted by Gasteiger charge is 2.05. The van der Waals surface area contributed by atoms with Gasteiger partial charge in [-0.1, -0.05) is 6.07 Å². The quantitative estimate of drug-likeness (QED) is 0.913. The molecular weight excluding hydrogens is 243 g/mol. The third kappa shape index (κ3) is 2.98. The average Bonchev–Trinajstić information content (AvgIpc) is 2.72. The maximum Gasteiger partial charge on any atom is 0.140 e. The molecule has 0 fully saturated rings. The molecule has 0 radical (unpaired) electrons. The molecule has 19 heavy (non-hydrogen) atoms. The zero-order chi connectivity index (χ0) is 13.8. The van der Waals surface area contributed by atoms with E-state index in [9.17, 15) is 4.39 Å². The number of aryl methyl sites for hydroxylation is 1. The third-order valence-electron chi connectivity index (χ3n) is 3.13. The summed E-state index contributed by atoms with van der Waals surface area (Å²) in [5, 5.41) is 16.2. The van der Waals surface area contributed by atoms with Crippen LogP contribution in [0.4, 0.5) is 4.39 Å². The van der Waals surface area contributed by atoms with Crippen molar-refractivity contribution in [3.8, 4) is 6.07 Å². The van der Waals surface area contributed by atoms with Crippen LogP contribution in [0, 0.1) is 24.1 Å². The summed E-state index contributed by atoms with van der Waals surface area (Å²) in [6.07, 6.45) is 1.83. The van der Waals surface area contributed by atoms with Gasteiger partial charge >= 0.3 is 0 Å². The molecule has 0 unspecified atom stereocenters. The van der Waals surface area contributed by atoms with E-state index in [0.717, 1.165) is 16.8 Å². The molecule has 2 aromatic rings. The molecule has 0 atom stereocenters. The lowest BCUT2D eigenvalue weighted by Gasteiger charge is -2.05. The van der Waals surface area contributed by atoms with Crippen LogP contribution in [-0.4, -0.2) is 9.78 Å². The number of nitriles is 1. The highest BCUT2D eigenvalue weighted by molar-refractivity contribution is 5.34. The molecule has 1 aromatic carbocycles. The molecule has 0 saturated carbocycles. The Bertz CT molecular complexity index is 625. The molecule has 1 N–H and O–H groups in total. The normalized spacial score (nSPS) is 10.4. The van der Waals surface area contributed by atoms with Crippen LogP contribution in [0.2, 0.25) is 0 Å². The molecule has 0 amide bonds. The predicted octanol–water partition coefficient (Wildman–Crippen LogP) is 2.03. The first-order chi connectivity index (χ1) is 9.11. The van der Waals surface area contributed by atoms with E-state index in [2.05, 4.69) is 10.4 Å². The molecule has 98 valence electrons. The number of hydrogen-bond acceptors (Lipinski definition) is 3. The first kappa shape index (κ1) is 13.2. The number of aromatic nitrogens is 2. The fourth-order valence-electron chi connectivity index (χ4n) is 1.83. The van der Waals surface area contributed by atoms with Gasteiger partial charge in [0, 0.05) is 31.4 Å². The lowest BCUT2D eigenvalue weighted by atomic mass is 10.1. The minimum absolute atomic E-state index is 0.0804. The number of benzene rings is 1. The van der Waals surface area contributed by atoms with Crippen LogP contribution in [0.1, 0.15) is 22.4 Å². The summed E-state index contributed by atoms with van der Waals surface area (Å²) >= 11 is 0. The summed E-state index contributed by atoms with van der Waals surface area (Å²) in [4.78, 5) is 0. The fourth-order valence-corrected chi connectivity index (χ4v) is 1.83. The van der Waals surface area contributed by atoms with Crippen molar-refractivity contribution >= 4 is 0 Å². The molecule has 2 rings (SSSR count). The molecule has 1 aromatic heterocycles. The summed E-state index contributed by atoms with van der Waals surface area (Å²) in [7, 11) is 1.90. The minimum Gasteiger partial charge on any atom is -0.308 e. The Kier molecular flexibility index (Phi) is 3.93. The van der Waals surface area contributed by atoms with Gasteiger partial charge in [-0.25, -0.2) is 4.39 Å². The molecule has 0 aliphatic carbocycles. The van der Waals surface area contributed by atoms with Crippen LogP contribution in [0.3, 0.4) is 0 Å². The van der Waals surface area contributed by atoms with Gasteiger partial charge in [0.25, 0.3) is 0 Å². The summed E-state index contributed by atoms with van der Waals surface area (Å²) in [6.45, 7) is 3.29. The van der Waals surface area contributed by atoms with E-state index in [1.807, 2.05) is 30.9 Å². The Balaban J connectivity index is 1.96. The van der Waals surface area contributed by atoms with Gasteiger partial charge in [0.15, 0.2) is 0 Å². The third-order valence-corrected chi connectivity index (χ3v) is 3.13. The number of nitrogens with zero attached hydrogens (tertiary/aromatic N) is 3. The zero-order valence-electron chi connectivity index (χ0n) is 10.9.